The molecule has 2 aromatic rings. The number of fused-ring (bicyclic) bond motifs is 1. The molecule has 2 atom stereocenters. The van der Waals surface area contributed by atoms with E-state index in [-0.39, 0.29) is 49.4 Å². The summed E-state index contributed by atoms with van der Waals surface area (Å²) >= 11 is 0. The van der Waals surface area contributed by atoms with Crippen molar-refractivity contribution in [2.24, 2.45) is 10.5 Å². The first-order chi connectivity index (χ1) is 21.8. The number of hydrogen-bond donors (Lipinski definition) is 3. The smallest absolute Gasteiger partial charge is 0.408 e. The normalized spacial score (nSPS) is 19.1. The van der Waals surface area contributed by atoms with E-state index in [9.17, 15) is 45.9 Å². The van der Waals surface area contributed by atoms with E-state index in [2.05, 4.69) is 20.7 Å². The largest absolute Gasteiger partial charge is 0.465 e. The number of carbonyl (C=O) groups excluding carboxylic acids is 3. The summed E-state index contributed by atoms with van der Waals surface area (Å²) in [5.74, 6) is -2.49. The van der Waals surface area contributed by atoms with Crippen molar-refractivity contribution in [1.29, 1.82) is 0 Å². The van der Waals surface area contributed by atoms with Gasteiger partial charge < -0.3 is 20.6 Å². The van der Waals surface area contributed by atoms with Crippen LogP contribution in [0.2, 0.25) is 0 Å². The number of piperidine rings is 1. The highest BCUT2D eigenvalue weighted by atomic mass is 32.2. The third kappa shape index (κ3) is 8.25. The average Bonchev–Trinajstić information content (AvgIpc) is 3.22. The first-order valence-electron chi connectivity index (χ1n) is 14.6. The number of rotatable bonds is 11. The summed E-state index contributed by atoms with van der Waals surface area (Å²) in [6.07, 6.45) is -4.02. The number of carbonyl (C=O) groups is 4. The molecule has 4 amide bonds. The van der Waals surface area contributed by atoms with Crippen LogP contribution in [0.15, 0.2) is 58.7 Å². The van der Waals surface area contributed by atoms with E-state index in [1.807, 2.05) is 0 Å². The Morgan fingerprint density at radius 3 is 2.40 bits per heavy atom. The fourth-order valence-electron chi connectivity index (χ4n) is 5.77. The summed E-state index contributed by atoms with van der Waals surface area (Å²) in [4.78, 5) is 58.0. The molecule has 3 heterocycles. The number of hydrazone groups is 1. The molecule has 1 saturated heterocycles. The van der Waals surface area contributed by atoms with Gasteiger partial charge in [0.2, 0.25) is 11.8 Å². The average molecular weight is 681 g/mol. The van der Waals surface area contributed by atoms with E-state index in [1.165, 1.54) is 31.0 Å². The number of nitrogens with one attached hydrogen (secondary N) is 2. The lowest BCUT2D eigenvalue weighted by Gasteiger charge is -2.41. The first-order valence-corrected chi connectivity index (χ1v) is 16.5. The molecule has 0 radical (unpaired) electrons. The van der Waals surface area contributed by atoms with Crippen LogP contribution >= 0.6 is 0 Å². The zero-order valence-electron chi connectivity index (χ0n) is 25.9. The van der Waals surface area contributed by atoms with Crippen LogP contribution in [0.3, 0.4) is 0 Å². The Kier molecular flexibility index (Phi) is 9.99. The number of alkyl halides is 3. The van der Waals surface area contributed by atoms with Crippen molar-refractivity contribution in [3.8, 4) is 0 Å². The molecule has 1 fully saturated rings. The Hall–Kier alpha value is -4.54. The van der Waals surface area contributed by atoms with Crippen LogP contribution in [-0.4, -0.2) is 102 Å². The number of aromatic nitrogens is 1. The second kappa shape index (κ2) is 13.3. The van der Waals surface area contributed by atoms with Crippen LogP contribution in [0, 0.1) is 5.41 Å². The van der Waals surface area contributed by atoms with Gasteiger partial charge in [-0.05, 0) is 50.5 Å². The van der Waals surface area contributed by atoms with Gasteiger partial charge in [0.1, 0.15) is 23.5 Å². The number of likely N-dealkylation sites (tertiary alicyclic amines) is 1. The quantitative estimate of drug-likeness (QED) is 0.323. The van der Waals surface area contributed by atoms with Crippen LogP contribution in [0.4, 0.5) is 18.0 Å². The highest BCUT2D eigenvalue weighted by Gasteiger charge is 2.56. The van der Waals surface area contributed by atoms with E-state index in [0.29, 0.717) is 16.3 Å². The van der Waals surface area contributed by atoms with Crippen LogP contribution < -0.4 is 10.6 Å². The molecule has 254 valence electrons. The Balaban J connectivity index is 1.67. The van der Waals surface area contributed by atoms with Crippen molar-refractivity contribution in [3.05, 3.63) is 59.9 Å². The Morgan fingerprint density at radius 1 is 1.11 bits per heavy atom. The zero-order valence-corrected chi connectivity index (χ0v) is 26.7. The molecule has 1 unspecified atom stereocenters. The van der Waals surface area contributed by atoms with E-state index in [0.717, 1.165) is 6.26 Å². The van der Waals surface area contributed by atoms with Gasteiger partial charge in [0, 0.05) is 44.1 Å². The van der Waals surface area contributed by atoms with Gasteiger partial charge in [-0.25, -0.2) is 18.2 Å². The lowest BCUT2D eigenvalue weighted by atomic mass is 9.74. The fourth-order valence-corrected chi connectivity index (χ4v) is 6.75. The SMILES string of the molecule is CC(C)(NC(=O)O)C(=O)NC(CCc1ccccc1S(C)(=O)=O)C(=O)N1CCC2=NN(CC(F)(F)F)C(=O)[C@]2(Cc2ccccn2)C1. The van der Waals surface area contributed by atoms with Gasteiger partial charge in [-0.1, -0.05) is 24.3 Å². The third-order valence-electron chi connectivity index (χ3n) is 8.03. The molecule has 1 aromatic heterocycles. The zero-order chi connectivity index (χ0) is 34.8. The predicted molar refractivity (Wildman–Crippen MR) is 162 cm³/mol. The molecular formula is C30H35F3N6O7S. The van der Waals surface area contributed by atoms with Crippen LogP contribution in [0.1, 0.15) is 37.9 Å². The lowest BCUT2D eigenvalue weighted by Crippen LogP contribution is -2.62. The molecule has 3 N–H and O–H groups in total. The molecule has 0 saturated carbocycles. The number of hydrogen-bond acceptors (Lipinski definition) is 8. The van der Waals surface area contributed by atoms with Crippen molar-refractivity contribution in [3.63, 3.8) is 0 Å². The highest BCUT2D eigenvalue weighted by molar-refractivity contribution is 7.90. The Labute approximate surface area is 269 Å². The van der Waals surface area contributed by atoms with Gasteiger partial charge in [-0.2, -0.15) is 18.3 Å². The van der Waals surface area contributed by atoms with E-state index >= 15 is 0 Å². The van der Waals surface area contributed by atoms with E-state index in [1.54, 1.807) is 36.4 Å². The Morgan fingerprint density at radius 2 is 1.79 bits per heavy atom. The minimum atomic E-state index is -4.73. The first kappa shape index (κ1) is 35.3. The van der Waals surface area contributed by atoms with Gasteiger partial charge in [0.05, 0.1) is 10.6 Å². The molecule has 0 spiro atoms. The van der Waals surface area contributed by atoms with E-state index in [4.69, 9.17) is 0 Å². The van der Waals surface area contributed by atoms with Gasteiger partial charge >= 0.3 is 12.3 Å². The van der Waals surface area contributed by atoms with Crippen LogP contribution in [0.5, 0.6) is 0 Å². The number of nitrogens with zero attached hydrogens (tertiary/aromatic N) is 4. The molecule has 17 heteroatoms. The maximum atomic E-state index is 14.2. The van der Waals surface area contributed by atoms with Gasteiger partial charge in [-0.15, -0.1) is 0 Å². The second-order valence-corrected chi connectivity index (χ2v) is 14.1. The van der Waals surface area contributed by atoms with Crippen molar-refractivity contribution < 1.29 is 45.9 Å². The number of pyridine rings is 1. The van der Waals surface area contributed by atoms with Crippen molar-refractivity contribution in [2.45, 2.75) is 62.2 Å². The molecule has 2 aliphatic heterocycles. The number of carboxylic acid groups (broad SMARTS) is 1. The van der Waals surface area contributed by atoms with Crippen LogP contribution in [0.25, 0.3) is 0 Å². The molecule has 47 heavy (non-hydrogen) atoms. The number of halogens is 3. The number of aryl methyl sites for hydroxylation is 1. The van der Waals surface area contributed by atoms with Crippen molar-refractivity contribution in [2.75, 3.05) is 25.9 Å². The summed E-state index contributed by atoms with van der Waals surface area (Å²) in [6.45, 7) is 0.552. The lowest BCUT2D eigenvalue weighted by molar-refractivity contribution is -0.164. The highest BCUT2D eigenvalue weighted by Crippen LogP contribution is 2.39. The predicted octanol–water partition coefficient (Wildman–Crippen LogP) is 2.17. The summed E-state index contributed by atoms with van der Waals surface area (Å²) in [5.41, 5.74) is -2.40. The third-order valence-corrected chi connectivity index (χ3v) is 9.23. The monoisotopic (exact) mass is 680 g/mol. The molecule has 2 aliphatic rings. The standard InChI is InChI=1S/C30H35F3N6O7S/c1-28(2,36-27(43)44)25(41)35-21(12-11-19-8-4-5-10-22(19)47(3,45)46)24(40)38-15-13-23-29(17-38,16-20-9-6-7-14-34-20)26(42)39(37-23)18-30(31,32)33/h4-10,14,21,36H,11-13,15-18H2,1-3H3,(H,35,41)(H,43,44)/t21?,29-/m1/s1. The number of sulfone groups is 1. The van der Waals surface area contributed by atoms with Gasteiger partial charge in [-0.3, -0.25) is 19.4 Å². The van der Waals surface area contributed by atoms with Gasteiger partial charge in [0.25, 0.3) is 5.91 Å². The number of amides is 4. The minimum Gasteiger partial charge on any atom is -0.465 e. The Bertz CT molecular complexity index is 1680. The topological polar surface area (TPSA) is 178 Å². The summed E-state index contributed by atoms with van der Waals surface area (Å²) in [7, 11) is -3.65. The van der Waals surface area contributed by atoms with Gasteiger partial charge in [0.15, 0.2) is 9.84 Å². The second-order valence-electron chi connectivity index (χ2n) is 12.1. The number of benzene rings is 1. The summed E-state index contributed by atoms with van der Waals surface area (Å²) in [5, 5.41) is 18.2. The summed E-state index contributed by atoms with van der Waals surface area (Å²) in [6, 6.07) is 9.68. The van der Waals surface area contributed by atoms with Crippen molar-refractivity contribution >= 4 is 39.4 Å². The van der Waals surface area contributed by atoms with Crippen LogP contribution in [-0.2, 0) is 37.1 Å². The fraction of sp³-hybridized carbons (Fsp3) is 0.467. The molecule has 4 rings (SSSR count). The molecule has 0 bridgehead atoms. The van der Waals surface area contributed by atoms with E-state index < -0.39 is 63.4 Å². The molecule has 0 aliphatic carbocycles. The molecular weight excluding hydrogens is 645 g/mol. The molecule has 13 nitrogen and oxygen atoms in total. The molecule has 1 aromatic carbocycles. The minimum absolute atomic E-state index is 0.00460. The van der Waals surface area contributed by atoms with Crippen molar-refractivity contribution in [1.82, 2.24) is 25.5 Å². The maximum Gasteiger partial charge on any atom is 0.408 e. The maximum absolute atomic E-state index is 14.2. The summed E-state index contributed by atoms with van der Waals surface area (Å²) < 4.78 is 64.9.